The van der Waals surface area contributed by atoms with Gasteiger partial charge in [-0.1, -0.05) is 6.07 Å². The molecule has 2 heterocycles. The molecule has 3 rings (SSSR count). The molecule has 0 bridgehead atoms. The quantitative estimate of drug-likeness (QED) is 0.735. The Hall–Kier alpha value is -2.93. The zero-order valence-electron chi connectivity index (χ0n) is 13.9. The van der Waals surface area contributed by atoms with Crippen LogP contribution in [0.15, 0.2) is 48.1 Å². The zero-order chi connectivity index (χ0) is 17.6. The average Bonchev–Trinajstić information content (AvgIpc) is 3.15. The molecule has 0 aliphatic rings. The molecule has 1 aromatic carbocycles. The van der Waals surface area contributed by atoms with Crippen LogP contribution in [0.1, 0.15) is 16.1 Å². The van der Waals surface area contributed by atoms with Crippen LogP contribution in [0.2, 0.25) is 0 Å². The summed E-state index contributed by atoms with van der Waals surface area (Å²) in [6.07, 6.45) is 3.49. The fourth-order valence-electron chi connectivity index (χ4n) is 2.34. The van der Waals surface area contributed by atoms with Gasteiger partial charge in [0.1, 0.15) is 22.1 Å². The van der Waals surface area contributed by atoms with Crippen LogP contribution in [0.25, 0.3) is 10.6 Å². The van der Waals surface area contributed by atoms with Crippen molar-refractivity contribution in [3.63, 3.8) is 0 Å². The fourth-order valence-corrected chi connectivity index (χ4v) is 3.15. The van der Waals surface area contributed by atoms with E-state index in [1.54, 1.807) is 30.6 Å². The number of thiazole rings is 1. The number of ether oxygens (including phenoxy) is 2. The lowest BCUT2D eigenvalue weighted by molar-refractivity contribution is 0.0944. The molecule has 128 valence electrons. The van der Waals surface area contributed by atoms with Crippen molar-refractivity contribution < 1.29 is 14.3 Å². The van der Waals surface area contributed by atoms with E-state index in [0.717, 1.165) is 16.3 Å². The van der Waals surface area contributed by atoms with Gasteiger partial charge in [-0.2, -0.15) is 0 Å². The number of hydrogen-bond acceptors (Lipinski definition) is 6. The fraction of sp³-hybridized carbons (Fsp3) is 0.167. The third kappa shape index (κ3) is 3.77. The Morgan fingerprint density at radius 2 is 1.92 bits per heavy atom. The van der Waals surface area contributed by atoms with E-state index in [-0.39, 0.29) is 5.91 Å². The Labute approximate surface area is 149 Å². The molecule has 6 nitrogen and oxygen atoms in total. The maximum atomic E-state index is 12.5. The van der Waals surface area contributed by atoms with Crippen molar-refractivity contribution in [1.29, 1.82) is 0 Å². The second-order valence-corrected chi connectivity index (χ2v) is 5.96. The van der Waals surface area contributed by atoms with Gasteiger partial charge in [0.25, 0.3) is 5.91 Å². The summed E-state index contributed by atoms with van der Waals surface area (Å²) in [6, 6.07) is 9.04. The monoisotopic (exact) mass is 355 g/mol. The molecule has 0 fully saturated rings. The lowest BCUT2D eigenvalue weighted by atomic mass is 10.1. The zero-order valence-corrected chi connectivity index (χ0v) is 14.7. The summed E-state index contributed by atoms with van der Waals surface area (Å²) in [4.78, 5) is 21.2. The standard InChI is InChI=1S/C18H17N3O3S/c1-23-14-6-3-7-15(24-2)16(14)17(22)20-10-13-11-25-18(21-13)12-5-4-8-19-9-12/h3-9,11H,10H2,1-2H3,(H,20,22). The highest BCUT2D eigenvalue weighted by molar-refractivity contribution is 7.13. The van der Waals surface area contributed by atoms with Crippen LogP contribution in [0, 0.1) is 0 Å². The lowest BCUT2D eigenvalue weighted by Crippen LogP contribution is -2.24. The lowest BCUT2D eigenvalue weighted by Gasteiger charge is -2.12. The minimum absolute atomic E-state index is 0.273. The highest BCUT2D eigenvalue weighted by atomic mass is 32.1. The normalized spacial score (nSPS) is 10.3. The van der Waals surface area contributed by atoms with Gasteiger partial charge in [-0.05, 0) is 24.3 Å². The van der Waals surface area contributed by atoms with Crippen LogP contribution < -0.4 is 14.8 Å². The summed E-state index contributed by atoms with van der Waals surface area (Å²) in [7, 11) is 3.04. The third-order valence-electron chi connectivity index (χ3n) is 3.55. The van der Waals surface area contributed by atoms with Crippen molar-refractivity contribution in [3.05, 3.63) is 59.4 Å². The molecule has 3 aromatic rings. The molecule has 0 saturated heterocycles. The number of aromatic nitrogens is 2. The van der Waals surface area contributed by atoms with Crippen LogP contribution in [0.3, 0.4) is 0 Å². The van der Waals surface area contributed by atoms with Gasteiger partial charge >= 0.3 is 0 Å². The number of nitrogens with one attached hydrogen (secondary N) is 1. The molecule has 1 amide bonds. The number of pyridine rings is 1. The first-order chi connectivity index (χ1) is 12.2. The maximum Gasteiger partial charge on any atom is 0.259 e. The van der Waals surface area contributed by atoms with Crippen molar-refractivity contribution in [2.24, 2.45) is 0 Å². The van der Waals surface area contributed by atoms with E-state index in [9.17, 15) is 4.79 Å². The highest BCUT2D eigenvalue weighted by Gasteiger charge is 2.18. The molecule has 0 unspecified atom stereocenters. The molecule has 0 radical (unpaired) electrons. The first-order valence-electron chi connectivity index (χ1n) is 7.57. The van der Waals surface area contributed by atoms with Gasteiger partial charge in [-0.15, -0.1) is 11.3 Å². The van der Waals surface area contributed by atoms with E-state index in [0.29, 0.717) is 23.6 Å². The molecule has 0 aliphatic carbocycles. The van der Waals surface area contributed by atoms with Gasteiger partial charge in [0.2, 0.25) is 0 Å². The van der Waals surface area contributed by atoms with Crippen molar-refractivity contribution in [2.75, 3.05) is 14.2 Å². The second kappa shape index (κ2) is 7.76. The minimum Gasteiger partial charge on any atom is -0.496 e. The number of carbonyl (C=O) groups is 1. The predicted octanol–water partition coefficient (Wildman–Crippen LogP) is 3.15. The van der Waals surface area contributed by atoms with Crippen molar-refractivity contribution >= 4 is 17.2 Å². The van der Waals surface area contributed by atoms with Gasteiger partial charge in [-0.3, -0.25) is 9.78 Å². The van der Waals surface area contributed by atoms with Gasteiger partial charge in [0.15, 0.2) is 0 Å². The van der Waals surface area contributed by atoms with Crippen molar-refractivity contribution in [2.45, 2.75) is 6.54 Å². The molecule has 1 N–H and O–H groups in total. The molecular weight excluding hydrogens is 338 g/mol. The smallest absolute Gasteiger partial charge is 0.259 e. The van der Waals surface area contributed by atoms with Crippen LogP contribution >= 0.6 is 11.3 Å². The number of methoxy groups -OCH3 is 2. The topological polar surface area (TPSA) is 73.3 Å². The molecule has 0 atom stereocenters. The van der Waals surface area contributed by atoms with Gasteiger partial charge in [0, 0.05) is 23.3 Å². The predicted molar refractivity (Wildman–Crippen MR) is 96.1 cm³/mol. The molecule has 0 spiro atoms. The van der Waals surface area contributed by atoms with E-state index in [2.05, 4.69) is 15.3 Å². The number of hydrogen-bond donors (Lipinski definition) is 1. The Morgan fingerprint density at radius 3 is 2.56 bits per heavy atom. The van der Waals surface area contributed by atoms with Gasteiger partial charge < -0.3 is 14.8 Å². The summed E-state index contributed by atoms with van der Waals surface area (Å²) < 4.78 is 10.5. The Balaban J connectivity index is 1.72. The number of rotatable bonds is 6. The summed E-state index contributed by atoms with van der Waals surface area (Å²) in [6.45, 7) is 0.316. The summed E-state index contributed by atoms with van der Waals surface area (Å²) in [5.41, 5.74) is 2.11. The molecule has 0 saturated carbocycles. The maximum absolute atomic E-state index is 12.5. The third-order valence-corrected chi connectivity index (χ3v) is 4.49. The Morgan fingerprint density at radius 1 is 1.16 bits per heavy atom. The van der Waals surface area contributed by atoms with Crippen LogP contribution in [-0.2, 0) is 6.54 Å². The van der Waals surface area contributed by atoms with Gasteiger partial charge in [-0.25, -0.2) is 4.98 Å². The number of benzene rings is 1. The van der Waals surface area contributed by atoms with E-state index < -0.39 is 0 Å². The highest BCUT2D eigenvalue weighted by Crippen LogP contribution is 2.28. The van der Waals surface area contributed by atoms with Crippen LogP contribution in [-0.4, -0.2) is 30.1 Å². The molecule has 25 heavy (non-hydrogen) atoms. The molecule has 7 heteroatoms. The second-order valence-electron chi connectivity index (χ2n) is 5.11. The first-order valence-corrected chi connectivity index (χ1v) is 8.45. The van der Waals surface area contributed by atoms with E-state index >= 15 is 0 Å². The van der Waals surface area contributed by atoms with E-state index in [1.165, 1.54) is 25.6 Å². The Kier molecular flexibility index (Phi) is 5.25. The van der Waals surface area contributed by atoms with E-state index in [4.69, 9.17) is 9.47 Å². The first kappa shape index (κ1) is 16.9. The average molecular weight is 355 g/mol. The number of nitrogens with zero attached hydrogens (tertiary/aromatic N) is 2. The molecular formula is C18H17N3O3S. The number of amides is 1. The molecule has 0 aliphatic heterocycles. The van der Waals surface area contributed by atoms with Crippen molar-refractivity contribution in [1.82, 2.24) is 15.3 Å². The summed E-state index contributed by atoms with van der Waals surface area (Å²) >= 11 is 1.51. The van der Waals surface area contributed by atoms with Crippen molar-refractivity contribution in [3.8, 4) is 22.1 Å². The summed E-state index contributed by atoms with van der Waals surface area (Å²) in [5.74, 6) is 0.655. The summed E-state index contributed by atoms with van der Waals surface area (Å²) in [5, 5.41) is 5.65. The van der Waals surface area contributed by atoms with E-state index in [1.807, 2.05) is 17.5 Å². The van der Waals surface area contributed by atoms with Gasteiger partial charge in [0.05, 0.1) is 26.5 Å². The van der Waals surface area contributed by atoms with Crippen LogP contribution in [0.5, 0.6) is 11.5 Å². The number of carbonyl (C=O) groups excluding carboxylic acids is 1. The minimum atomic E-state index is -0.273. The van der Waals surface area contributed by atoms with Crippen LogP contribution in [0.4, 0.5) is 0 Å². The molecule has 2 aromatic heterocycles. The SMILES string of the molecule is COc1cccc(OC)c1C(=O)NCc1csc(-c2cccnc2)n1. The largest absolute Gasteiger partial charge is 0.496 e. The Bertz CT molecular complexity index is 843.